The summed E-state index contributed by atoms with van der Waals surface area (Å²) in [6.07, 6.45) is -1.32. The monoisotopic (exact) mass is 389 g/mol. The van der Waals surface area contributed by atoms with Crippen LogP contribution in [0.2, 0.25) is 0 Å². The molecule has 0 bridgehead atoms. The maximum Gasteiger partial charge on any atom is 0.322 e. The average Bonchev–Trinajstić information content (AvgIpc) is 2.51. The van der Waals surface area contributed by atoms with Gasteiger partial charge in [0.15, 0.2) is 6.10 Å². The van der Waals surface area contributed by atoms with Crippen LogP contribution in [0.25, 0.3) is 0 Å². The summed E-state index contributed by atoms with van der Waals surface area (Å²) in [7, 11) is -2.92. The molecule has 0 aliphatic carbocycles. The van der Waals surface area contributed by atoms with Gasteiger partial charge in [-0.3, -0.25) is 14.9 Å². The molecule has 1 rings (SSSR count). The van der Waals surface area contributed by atoms with Gasteiger partial charge in [-0.1, -0.05) is 13.8 Å². The Morgan fingerprint density at radius 3 is 2.23 bits per heavy atom. The molecule has 3 N–H and O–H groups in total. The van der Waals surface area contributed by atoms with Crippen LogP contribution in [0.4, 0.5) is 9.18 Å². The molecule has 0 fully saturated rings. The Balaban J connectivity index is 2.83. The van der Waals surface area contributed by atoms with Gasteiger partial charge in [-0.15, -0.1) is 0 Å². The van der Waals surface area contributed by atoms with E-state index in [1.165, 1.54) is 0 Å². The molecule has 11 heteroatoms. The van der Waals surface area contributed by atoms with Crippen LogP contribution in [0, 0.1) is 11.7 Å². The standard InChI is InChI=1S/C15H20FN3O6S/c1-9(2)13(14(21)18-15(17)22)25-12(20)8-19(3)26(23,24)11-6-4-10(16)5-7-11/h4-7,9,13H,8H2,1-3H3,(H3,17,18,21,22)/t13-/m1/s1. The molecule has 0 radical (unpaired) electrons. The lowest BCUT2D eigenvalue weighted by Crippen LogP contribution is -2.46. The van der Waals surface area contributed by atoms with E-state index in [4.69, 9.17) is 10.5 Å². The molecule has 0 unspecified atom stereocenters. The van der Waals surface area contributed by atoms with E-state index in [1.54, 1.807) is 19.2 Å². The minimum Gasteiger partial charge on any atom is -0.451 e. The van der Waals surface area contributed by atoms with E-state index < -0.39 is 52.3 Å². The highest BCUT2D eigenvalue weighted by molar-refractivity contribution is 7.89. The summed E-state index contributed by atoms with van der Waals surface area (Å²) in [6.45, 7) is 2.45. The van der Waals surface area contributed by atoms with Crippen LogP contribution in [0.5, 0.6) is 0 Å². The lowest BCUT2D eigenvalue weighted by molar-refractivity contribution is -0.158. The molecule has 0 aromatic heterocycles. The van der Waals surface area contributed by atoms with Gasteiger partial charge < -0.3 is 10.5 Å². The second kappa shape index (κ2) is 8.72. The van der Waals surface area contributed by atoms with Crippen molar-refractivity contribution in [3.8, 4) is 0 Å². The number of carbonyl (C=O) groups excluding carboxylic acids is 3. The fraction of sp³-hybridized carbons (Fsp3) is 0.400. The molecule has 0 saturated heterocycles. The highest BCUT2D eigenvalue weighted by atomic mass is 32.2. The van der Waals surface area contributed by atoms with Crippen molar-refractivity contribution in [2.45, 2.75) is 24.8 Å². The van der Waals surface area contributed by atoms with E-state index in [9.17, 15) is 27.2 Å². The smallest absolute Gasteiger partial charge is 0.322 e. The molecule has 26 heavy (non-hydrogen) atoms. The van der Waals surface area contributed by atoms with Crippen molar-refractivity contribution >= 4 is 27.9 Å². The quantitative estimate of drug-likeness (QED) is 0.640. The molecule has 1 atom stereocenters. The zero-order valence-corrected chi connectivity index (χ0v) is 15.2. The number of carbonyl (C=O) groups is 3. The minimum atomic E-state index is -4.05. The number of urea groups is 1. The molecule has 0 aliphatic rings. The Kier molecular flexibility index (Phi) is 7.21. The zero-order valence-electron chi connectivity index (χ0n) is 14.4. The Morgan fingerprint density at radius 1 is 1.23 bits per heavy atom. The Bertz CT molecular complexity index is 779. The normalized spacial score (nSPS) is 12.7. The Hall–Kier alpha value is -2.53. The van der Waals surface area contributed by atoms with Crippen molar-refractivity contribution in [1.29, 1.82) is 0 Å². The van der Waals surface area contributed by atoms with E-state index in [1.807, 2.05) is 0 Å². The fourth-order valence-electron chi connectivity index (χ4n) is 1.92. The molecule has 1 aromatic rings. The Labute approximate surface area is 150 Å². The molecule has 9 nitrogen and oxygen atoms in total. The first kappa shape index (κ1) is 21.5. The van der Waals surface area contributed by atoms with Crippen LogP contribution in [0.1, 0.15) is 13.8 Å². The number of amides is 3. The lowest BCUT2D eigenvalue weighted by Gasteiger charge is -2.22. The third-order valence-corrected chi connectivity index (χ3v) is 5.06. The number of imide groups is 1. The molecule has 144 valence electrons. The summed E-state index contributed by atoms with van der Waals surface area (Å²) in [5.41, 5.74) is 4.85. The lowest BCUT2D eigenvalue weighted by atomic mass is 10.1. The summed E-state index contributed by atoms with van der Waals surface area (Å²) in [5, 5.41) is 1.80. The largest absolute Gasteiger partial charge is 0.451 e. The first-order valence-electron chi connectivity index (χ1n) is 7.46. The third kappa shape index (κ3) is 5.77. The average molecular weight is 389 g/mol. The number of hydrogen-bond donors (Lipinski definition) is 2. The van der Waals surface area contributed by atoms with Crippen LogP contribution in [-0.2, 0) is 24.3 Å². The van der Waals surface area contributed by atoms with Gasteiger partial charge in [-0.2, -0.15) is 4.31 Å². The van der Waals surface area contributed by atoms with Crippen molar-refractivity contribution in [3.05, 3.63) is 30.1 Å². The van der Waals surface area contributed by atoms with Crippen molar-refractivity contribution in [3.63, 3.8) is 0 Å². The van der Waals surface area contributed by atoms with Gasteiger partial charge in [-0.25, -0.2) is 17.6 Å². The number of nitrogens with one attached hydrogen (secondary N) is 1. The second-order valence-corrected chi connectivity index (χ2v) is 7.77. The van der Waals surface area contributed by atoms with Gasteiger partial charge in [0, 0.05) is 7.05 Å². The predicted octanol–water partition coefficient (Wildman–Crippen LogP) is 0.209. The number of likely N-dealkylation sites (N-methyl/N-ethyl adjacent to an activating group) is 1. The second-order valence-electron chi connectivity index (χ2n) is 5.72. The van der Waals surface area contributed by atoms with E-state index in [0.717, 1.165) is 31.3 Å². The summed E-state index contributed by atoms with van der Waals surface area (Å²) < 4.78 is 43.3. The molecule has 0 saturated carbocycles. The van der Waals surface area contributed by atoms with Gasteiger partial charge in [0.2, 0.25) is 10.0 Å². The van der Waals surface area contributed by atoms with Crippen molar-refractivity contribution in [1.82, 2.24) is 9.62 Å². The van der Waals surface area contributed by atoms with Crippen LogP contribution < -0.4 is 11.1 Å². The maximum atomic E-state index is 12.9. The number of primary amides is 1. The molecule has 0 aliphatic heterocycles. The molecular formula is C15H20FN3O6S. The molecule has 0 spiro atoms. The molecule has 0 heterocycles. The van der Waals surface area contributed by atoms with E-state index in [-0.39, 0.29) is 4.90 Å². The van der Waals surface area contributed by atoms with Gasteiger partial charge in [0.25, 0.3) is 5.91 Å². The number of esters is 1. The van der Waals surface area contributed by atoms with Crippen LogP contribution >= 0.6 is 0 Å². The van der Waals surface area contributed by atoms with Gasteiger partial charge >= 0.3 is 12.0 Å². The number of nitrogens with zero attached hydrogens (tertiary/aromatic N) is 1. The summed E-state index contributed by atoms with van der Waals surface area (Å²) in [6, 6.07) is 2.96. The van der Waals surface area contributed by atoms with E-state index in [2.05, 4.69) is 0 Å². The fourth-order valence-corrected chi connectivity index (χ4v) is 3.03. The zero-order chi connectivity index (χ0) is 20.1. The predicted molar refractivity (Wildman–Crippen MR) is 88.7 cm³/mol. The first-order valence-corrected chi connectivity index (χ1v) is 8.91. The van der Waals surface area contributed by atoms with Gasteiger partial charge in [0.1, 0.15) is 12.4 Å². The van der Waals surface area contributed by atoms with Crippen molar-refractivity contribution < 1.29 is 31.9 Å². The number of sulfonamides is 1. The topological polar surface area (TPSA) is 136 Å². The first-order chi connectivity index (χ1) is 11.9. The summed E-state index contributed by atoms with van der Waals surface area (Å²) >= 11 is 0. The highest BCUT2D eigenvalue weighted by Gasteiger charge is 2.30. The number of hydrogen-bond acceptors (Lipinski definition) is 6. The molecule has 3 amide bonds. The molecular weight excluding hydrogens is 369 g/mol. The number of rotatable bonds is 7. The van der Waals surface area contributed by atoms with Crippen LogP contribution in [0.15, 0.2) is 29.2 Å². The Morgan fingerprint density at radius 2 is 1.77 bits per heavy atom. The van der Waals surface area contributed by atoms with Crippen LogP contribution in [-0.4, -0.2) is 50.3 Å². The SMILES string of the molecule is CC(C)[C@@H](OC(=O)CN(C)S(=O)(=O)c1ccc(F)cc1)C(=O)NC(N)=O. The maximum absolute atomic E-state index is 12.9. The number of halogens is 1. The number of benzene rings is 1. The summed E-state index contributed by atoms with van der Waals surface area (Å²) in [4.78, 5) is 34.4. The van der Waals surface area contributed by atoms with Crippen molar-refractivity contribution in [2.75, 3.05) is 13.6 Å². The highest BCUT2D eigenvalue weighted by Crippen LogP contribution is 2.15. The van der Waals surface area contributed by atoms with E-state index in [0.29, 0.717) is 4.31 Å². The third-order valence-electron chi connectivity index (χ3n) is 3.24. The molecule has 1 aromatic carbocycles. The summed E-state index contributed by atoms with van der Waals surface area (Å²) in [5.74, 6) is -3.01. The number of ether oxygens (including phenoxy) is 1. The van der Waals surface area contributed by atoms with Gasteiger partial charge in [-0.05, 0) is 30.2 Å². The van der Waals surface area contributed by atoms with Crippen molar-refractivity contribution in [2.24, 2.45) is 11.7 Å². The minimum absolute atomic E-state index is 0.207. The van der Waals surface area contributed by atoms with E-state index >= 15 is 0 Å². The van der Waals surface area contributed by atoms with Crippen LogP contribution in [0.3, 0.4) is 0 Å². The van der Waals surface area contributed by atoms with Gasteiger partial charge in [0.05, 0.1) is 4.90 Å². The number of nitrogens with two attached hydrogens (primary N) is 1.